The molecule has 2 N–H and O–H groups in total. The molecule has 108 valence electrons. The van der Waals surface area contributed by atoms with E-state index in [0.717, 1.165) is 5.56 Å². The number of hydrogen-bond acceptors (Lipinski definition) is 5. The maximum atomic E-state index is 10.4. The summed E-state index contributed by atoms with van der Waals surface area (Å²) in [4.78, 5) is 0. The Morgan fingerprint density at radius 3 is 2.45 bits per heavy atom. The van der Waals surface area contributed by atoms with Gasteiger partial charge in [0.15, 0.2) is 0 Å². The van der Waals surface area contributed by atoms with Crippen LogP contribution >= 0.6 is 0 Å². The molecule has 0 saturated carbocycles. The zero-order valence-corrected chi connectivity index (χ0v) is 11.5. The molecule has 0 atom stereocenters. The van der Waals surface area contributed by atoms with Crippen molar-refractivity contribution < 1.29 is 21.6 Å². The second-order valence-corrected chi connectivity index (χ2v) is 5.24. The number of hydrogen-bond donors (Lipinski definition) is 2. The Morgan fingerprint density at radius 1 is 1.05 bits per heavy atom. The van der Waals surface area contributed by atoms with Gasteiger partial charge in [-0.2, -0.15) is 8.42 Å². The van der Waals surface area contributed by atoms with Gasteiger partial charge in [0.1, 0.15) is 18.1 Å². The second kappa shape index (κ2) is 6.67. The lowest BCUT2D eigenvalue weighted by Gasteiger charge is -2.02. The zero-order valence-electron chi connectivity index (χ0n) is 10.7. The Balaban J connectivity index is 1.78. The van der Waals surface area contributed by atoms with Crippen molar-refractivity contribution >= 4 is 10.4 Å². The average molecular weight is 297 g/mol. The van der Waals surface area contributed by atoms with Crippen LogP contribution in [0.4, 0.5) is 0 Å². The van der Waals surface area contributed by atoms with Crippen molar-refractivity contribution in [2.45, 2.75) is 19.7 Å². The first-order valence-corrected chi connectivity index (χ1v) is 7.33. The SMILES string of the molecule is O=S(=O)(O)OCc1ccc(CNCc2ccccc2)o1. The van der Waals surface area contributed by atoms with E-state index >= 15 is 0 Å². The number of rotatable bonds is 7. The smallest absolute Gasteiger partial charge is 0.397 e. The van der Waals surface area contributed by atoms with E-state index in [1.807, 2.05) is 30.3 Å². The van der Waals surface area contributed by atoms with E-state index in [2.05, 4.69) is 9.50 Å². The van der Waals surface area contributed by atoms with Crippen molar-refractivity contribution in [2.24, 2.45) is 0 Å². The summed E-state index contributed by atoms with van der Waals surface area (Å²) in [6.07, 6.45) is 0. The summed E-state index contributed by atoms with van der Waals surface area (Å²) >= 11 is 0. The number of benzene rings is 1. The van der Waals surface area contributed by atoms with Gasteiger partial charge < -0.3 is 9.73 Å². The van der Waals surface area contributed by atoms with Gasteiger partial charge in [-0.3, -0.25) is 4.55 Å². The Hall–Kier alpha value is -1.67. The molecule has 1 aromatic heterocycles. The molecule has 0 unspecified atom stereocenters. The molecule has 1 aromatic carbocycles. The lowest BCUT2D eigenvalue weighted by atomic mass is 10.2. The van der Waals surface area contributed by atoms with Crippen molar-refractivity contribution in [3.05, 3.63) is 59.5 Å². The standard InChI is InChI=1S/C13H15NO5S/c15-20(16,17)18-10-13-7-6-12(19-13)9-14-8-11-4-2-1-3-5-11/h1-7,14H,8-10H2,(H,15,16,17). The van der Waals surface area contributed by atoms with Crippen LogP contribution in [0.25, 0.3) is 0 Å². The third kappa shape index (κ3) is 5.14. The van der Waals surface area contributed by atoms with Gasteiger partial charge in [-0.15, -0.1) is 0 Å². The normalized spacial score (nSPS) is 11.7. The van der Waals surface area contributed by atoms with Crippen molar-refractivity contribution in [3.8, 4) is 0 Å². The van der Waals surface area contributed by atoms with Gasteiger partial charge in [0, 0.05) is 6.54 Å². The highest BCUT2D eigenvalue weighted by atomic mass is 32.3. The van der Waals surface area contributed by atoms with Crippen LogP contribution in [0.1, 0.15) is 17.1 Å². The summed E-state index contributed by atoms with van der Waals surface area (Å²) in [5, 5.41) is 3.20. The molecule has 20 heavy (non-hydrogen) atoms. The molecule has 0 fully saturated rings. The third-order valence-corrected chi connectivity index (χ3v) is 2.95. The van der Waals surface area contributed by atoms with Gasteiger partial charge in [0.05, 0.1) is 6.54 Å². The van der Waals surface area contributed by atoms with Gasteiger partial charge in [-0.05, 0) is 17.7 Å². The van der Waals surface area contributed by atoms with Gasteiger partial charge in [0.2, 0.25) is 0 Å². The molecule has 0 aliphatic rings. The predicted octanol–water partition coefficient (Wildman–Crippen LogP) is 1.89. The van der Waals surface area contributed by atoms with Crippen LogP contribution in [-0.2, 0) is 34.3 Å². The summed E-state index contributed by atoms with van der Waals surface area (Å²) in [7, 11) is -4.44. The van der Waals surface area contributed by atoms with E-state index in [1.54, 1.807) is 12.1 Å². The van der Waals surface area contributed by atoms with Gasteiger partial charge >= 0.3 is 10.4 Å². The van der Waals surface area contributed by atoms with Crippen LogP contribution in [0.15, 0.2) is 46.9 Å². The van der Waals surface area contributed by atoms with E-state index < -0.39 is 10.4 Å². The summed E-state index contributed by atoms with van der Waals surface area (Å²) in [6, 6.07) is 13.2. The Morgan fingerprint density at radius 2 is 1.75 bits per heavy atom. The molecule has 0 radical (unpaired) electrons. The van der Waals surface area contributed by atoms with Crippen molar-refractivity contribution in [1.29, 1.82) is 0 Å². The Bertz CT molecular complexity index is 636. The first kappa shape index (κ1) is 14.7. The summed E-state index contributed by atoms with van der Waals surface area (Å²) in [5.74, 6) is 0.994. The first-order valence-electron chi connectivity index (χ1n) is 5.97. The highest BCUT2D eigenvalue weighted by Gasteiger charge is 2.08. The predicted molar refractivity (Wildman–Crippen MR) is 72.0 cm³/mol. The van der Waals surface area contributed by atoms with E-state index in [4.69, 9.17) is 8.97 Å². The molecule has 0 aliphatic carbocycles. The molecule has 0 bridgehead atoms. The fourth-order valence-electron chi connectivity index (χ4n) is 1.65. The topological polar surface area (TPSA) is 88.8 Å². The minimum absolute atomic E-state index is 0.322. The second-order valence-electron chi connectivity index (χ2n) is 4.15. The average Bonchev–Trinajstić information content (AvgIpc) is 2.85. The minimum atomic E-state index is -4.44. The molecule has 0 aliphatic heterocycles. The molecule has 0 spiro atoms. The van der Waals surface area contributed by atoms with Crippen molar-refractivity contribution in [1.82, 2.24) is 5.32 Å². The Labute approximate surface area is 117 Å². The fourth-order valence-corrected chi connectivity index (χ4v) is 1.92. The zero-order chi connectivity index (χ0) is 14.4. The molecular weight excluding hydrogens is 282 g/mol. The van der Waals surface area contributed by atoms with Crippen LogP contribution in [-0.4, -0.2) is 13.0 Å². The van der Waals surface area contributed by atoms with Gasteiger partial charge in [-0.1, -0.05) is 30.3 Å². The lowest BCUT2D eigenvalue weighted by Crippen LogP contribution is -2.11. The largest absolute Gasteiger partial charge is 0.462 e. The molecule has 1 heterocycles. The third-order valence-electron chi connectivity index (χ3n) is 2.54. The lowest BCUT2D eigenvalue weighted by molar-refractivity contribution is 0.234. The molecule has 0 amide bonds. The maximum Gasteiger partial charge on any atom is 0.397 e. The summed E-state index contributed by atoms with van der Waals surface area (Å²) in [6.45, 7) is 0.899. The van der Waals surface area contributed by atoms with Crippen LogP contribution in [0.3, 0.4) is 0 Å². The first-order chi connectivity index (χ1) is 9.53. The van der Waals surface area contributed by atoms with E-state index in [-0.39, 0.29) is 6.61 Å². The minimum Gasteiger partial charge on any atom is -0.462 e. The fraction of sp³-hybridized carbons (Fsp3) is 0.231. The highest BCUT2D eigenvalue weighted by Crippen LogP contribution is 2.10. The highest BCUT2D eigenvalue weighted by molar-refractivity contribution is 7.80. The molecule has 2 aromatic rings. The van der Waals surface area contributed by atoms with Crippen LogP contribution in [0.5, 0.6) is 0 Å². The number of furan rings is 1. The van der Waals surface area contributed by atoms with Gasteiger partial charge in [0.25, 0.3) is 0 Å². The van der Waals surface area contributed by atoms with E-state index in [1.165, 1.54) is 0 Å². The van der Waals surface area contributed by atoms with E-state index in [0.29, 0.717) is 24.6 Å². The molecule has 2 rings (SSSR count). The summed E-state index contributed by atoms with van der Waals surface area (Å²) < 4.78 is 38.9. The van der Waals surface area contributed by atoms with Crippen LogP contribution in [0, 0.1) is 0 Å². The van der Waals surface area contributed by atoms with Gasteiger partial charge in [-0.25, -0.2) is 4.18 Å². The summed E-state index contributed by atoms with van der Waals surface area (Å²) in [5.41, 5.74) is 1.16. The van der Waals surface area contributed by atoms with E-state index in [9.17, 15) is 8.42 Å². The quantitative estimate of drug-likeness (QED) is 0.759. The van der Waals surface area contributed by atoms with Crippen molar-refractivity contribution in [2.75, 3.05) is 0 Å². The maximum absolute atomic E-state index is 10.4. The monoisotopic (exact) mass is 297 g/mol. The van der Waals surface area contributed by atoms with Crippen LogP contribution < -0.4 is 5.32 Å². The molecule has 7 heteroatoms. The number of nitrogens with one attached hydrogen (secondary N) is 1. The molecule has 0 saturated heterocycles. The molecule has 6 nitrogen and oxygen atoms in total. The molecular formula is C13H15NO5S. The van der Waals surface area contributed by atoms with Crippen LogP contribution in [0.2, 0.25) is 0 Å². The van der Waals surface area contributed by atoms with Crippen molar-refractivity contribution in [3.63, 3.8) is 0 Å². The Kier molecular flexibility index (Phi) is 4.91.